The number of ether oxygens (including phenoxy) is 3. The Morgan fingerprint density at radius 2 is 1.61 bits per heavy atom. The number of hydrogen-bond donors (Lipinski definition) is 0. The zero-order chi connectivity index (χ0) is 30.9. The summed E-state index contributed by atoms with van der Waals surface area (Å²) >= 11 is 0. The van der Waals surface area contributed by atoms with Crippen LogP contribution in [0.15, 0.2) is 41.5 Å². The van der Waals surface area contributed by atoms with Gasteiger partial charge < -0.3 is 18.6 Å². The highest BCUT2D eigenvalue weighted by atomic mass is 28.4. The monoisotopic (exact) mass is 582 g/mol. The van der Waals surface area contributed by atoms with Gasteiger partial charge in [0.15, 0.2) is 5.79 Å². The lowest BCUT2D eigenvalue weighted by molar-refractivity contribution is -0.157. The van der Waals surface area contributed by atoms with Crippen LogP contribution < -0.4 is 9.16 Å². The van der Waals surface area contributed by atoms with Gasteiger partial charge in [-0.15, -0.1) is 0 Å². The summed E-state index contributed by atoms with van der Waals surface area (Å²) in [4.78, 5) is 0. The molecule has 4 nitrogen and oxygen atoms in total. The van der Waals surface area contributed by atoms with Gasteiger partial charge in [0, 0.05) is 5.56 Å². The molecule has 0 saturated carbocycles. The molecule has 0 amide bonds. The number of rotatable bonds is 11. The first-order chi connectivity index (χ1) is 18.7. The van der Waals surface area contributed by atoms with Crippen LogP contribution in [-0.2, 0) is 9.47 Å². The molecule has 41 heavy (non-hydrogen) atoms. The zero-order valence-corrected chi connectivity index (χ0v) is 29.4. The lowest BCUT2D eigenvalue weighted by atomic mass is 9.93. The summed E-state index contributed by atoms with van der Waals surface area (Å²) in [6, 6.07) is 4.29. The molecule has 5 heteroatoms. The van der Waals surface area contributed by atoms with Crippen LogP contribution in [0.5, 0.6) is 11.5 Å². The first-order valence-corrected chi connectivity index (χ1v) is 18.5. The highest BCUT2D eigenvalue weighted by Crippen LogP contribution is 2.42. The van der Waals surface area contributed by atoms with Crippen molar-refractivity contribution in [1.29, 1.82) is 0 Å². The van der Waals surface area contributed by atoms with Crippen molar-refractivity contribution in [1.82, 2.24) is 0 Å². The largest absolute Gasteiger partial charge is 0.543 e. The van der Waals surface area contributed by atoms with E-state index in [1.165, 1.54) is 11.1 Å². The van der Waals surface area contributed by atoms with Crippen LogP contribution in [0.4, 0.5) is 0 Å². The fourth-order valence-corrected chi connectivity index (χ4v) is 6.55. The van der Waals surface area contributed by atoms with E-state index < -0.39 is 14.1 Å². The van der Waals surface area contributed by atoms with Crippen LogP contribution in [0.25, 0.3) is 6.08 Å². The van der Waals surface area contributed by atoms with Crippen molar-refractivity contribution in [2.45, 2.75) is 156 Å². The van der Waals surface area contributed by atoms with E-state index in [4.69, 9.17) is 18.6 Å². The van der Waals surface area contributed by atoms with E-state index in [1.54, 1.807) is 0 Å². The summed E-state index contributed by atoms with van der Waals surface area (Å²) in [5.41, 5.74) is 4.59. The molecule has 0 aliphatic carbocycles. The minimum absolute atomic E-state index is 0.133. The summed E-state index contributed by atoms with van der Waals surface area (Å²) in [6.45, 7) is 28.5. The Labute approximate surface area is 252 Å². The van der Waals surface area contributed by atoms with Gasteiger partial charge in [0.05, 0.1) is 11.7 Å². The average Bonchev–Trinajstić information content (AvgIpc) is 3.03. The van der Waals surface area contributed by atoms with Crippen LogP contribution in [0.2, 0.25) is 18.1 Å². The molecule has 2 aliphatic heterocycles. The highest BCUT2D eigenvalue weighted by Gasteiger charge is 2.46. The lowest BCUT2D eigenvalue weighted by Gasteiger charge is -2.37. The van der Waals surface area contributed by atoms with Crippen molar-refractivity contribution < 1.29 is 18.6 Å². The molecule has 1 unspecified atom stereocenters. The van der Waals surface area contributed by atoms with Crippen LogP contribution in [-0.4, -0.2) is 31.4 Å². The molecule has 0 spiro atoms. The molecule has 2 aliphatic rings. The summed E-state index contributed by atoms with van der Waals surface area (Å²) in [6.07, 6.45) is 15.5. The van der Waals surface area contributed by atoms with Gasteiger partial charge in [-0.05, 0) is 136 Å². The molecule has 0 bridgehead atoms. The number of hydrogen-bond acceptors (Lipinski definition) is 4. The quantitative estimate of drug-likeness (QED) is 0.192. The molecule has 1 saturated heterocycles. The molecular formula is C36H58O4Si. The van der Waals surface area contributed by atoms with Crippen molar-refractivity contribution in [2.75, 3.05) is 0 Å². The average molecular weight is 583 g/mol. The zero-order valence-electron chi connectivity index (χ0n) is 28.4. The van der Waals surface area contributed by atoms with Crippen molar-refractivity contribution >= 4 is 14.4 Å². The second kappa shape index (κ2) is 12.4. The van der Waals surface area contributed by atoms with Gasteiger partial charge in [-0.3, -0.25) is 0 Å². The Bertz CT molecular complexity index is 1160. The second-order valence-corrected chi connectivity index (χ2v) is 19.9. The maximum absolute atomic E-state index is 6.60. The molecule has 3 rings (SSSR count). The predicted molar refractivity (Wildman–Crippen MR) is 176 cm³/mol. The predicted octanol–water partition coefficient (Wildman–Crippen LogP) is 10.7. The van der Waals surface area contributed by atoms with E-state index in [9.17, 15) is 0 Å². The maximum atomic E-state index is 6.60. The van der Waals surface area contributed by atoms with Crippen molar-refractivity contribution in [3.8, 4) is 11.5 Å². The van der Waals surface area contributed by atoms with Gasteiger partial charge >= 0.3 is 0 Å². The van der Waals surface area contributed by atoms with Gasteiger partial charge in [0.25, 0.3) is 0 Å². The van der Waals surface area contributed by atoms with Crippen LogP contribution in [0.1, 0.15) is 119 Å². The number of fused-ring (bicyclic) bond motifs is 1. The Kier molecular flexibility index (Phi) is 10.2. The molecule has 0 radical (unpaired) electrons. The SMILES string of the molecule is C/C(=C\CCC1(C)C=Cc2cc(O[Si](C)(C)C(C)(C)C)cc(C)c2O1)CC/C=C(\C)CC[C@H]1OC(C)(C)OC1(C)C. The Morgan fingerprint density at radius 3 is 2.22 bits per heavy atom. The molecule has 1 fully saturated rings. The minimum atomic E-state index is -1.89. The first-order valence-electron chi connectivity index (χ1n) is 15.6. The van der Waals surface area contributed by atoms with Crippen LogP contribution >= 0.6 is 0 Å². The summed E-state index contributed by atoms with van der Waals surface area (Å²) in [5.74, 6) is 1.45. The topological polar surface area (TPSA) is 36.9 Å². The van der Waals surface area contributed by atoms with Crippen LogP contribution in [0, 0.1) is 6.92 Å². The summed E-state index contributed by atoms with van der Waals surface area (Å²) < 4.78 is 25.4. The van der Waals surface area contributed by atoms with E-state index in [-0.39, 0.29) is 22.3 Å². The number of benzene rings is 1. The molecule has 2 atom stereocenters. The standard InChI is InChI=1S/C36H58O4Si/c1-26(16-14-17-27(2)19-20-31-34(7,8)40-35(9,10)37-31)18-15-22-36(11)23-21-29-25-30(24-28(3)32(29)38-36)39-41(12,13)33(4,5)6/h17-18,21,23-25,31H,14-16,19-20,22H2,1-13H3/b26-18+,27-17+/t31-,36?/m1/s1. The fraction of sp³-hybridized carbons (Fsp3) is 0.667. The fourth-order valence-electron chi connectivity index (χ4n) is 5.53. The van der Waals surface area contributed by atoms with Crippen molar-refractivity contribution in [3.63, 3.8) is 0 Å². The lowest BCUT2D eigenvalue weighted by Crippen LogP contribution is -2.43. The third-order valence-electron chi connectivity index (χ3n) is 9.08. The highest BCUT2D eigenvalue weighted by molar-refractivity contribution is 6.74. The van der Waals surface area contributed by atoms with Gasteiger partial charge in [0.1, 0.15) is 17.1 Å². The van der Waals surface area contributed by atoms with E-state index in [0.29, 0.717) is 0 Å². The molecule has 2 heterocycles. The van der Waals surface area contributed by atoms with Gasteiger partial charge in [-0.2, -0.15) is 0 Å². The van der Waals surface area contributed by atoms with Gasteiger partial charge in [0.2, 0.25) is 8.32 Å². The second-order valence-electron chi connectivity index (χ2n) is 15.2. The van der Waals surface area contributed by atoms with Crippen molar-refractivity contribution in [3.05, 3.63) is 52.6 Å². The van der Waals surface area contributed by atoms with Crippen molar-refractivity contribution in [2.24, 2.45) is 0 Å². The van der Waals surface area contributed by atoms with E-state index in [2.05, 4.69) is 112 Å². The third-order valence-corrected chi connectivity index (χ3v) is 13.4. The Balaban J connectivity index is 1.48. The smallest absolute Gasteiger partial charge is 0.250 e. The maximum Gasteiger partial charge on any atom is 0.250 e. The van der Waals surface area contributed by atoms with Gasteiger partial charge in [-0.25, -0.2) is 0 Å². The number of aryl methyl sites for hydroxylation is 1. The molecule has 1 aromatic carbocycles. The molecular weight excluding hydrogens is 524 g/mol. The summed E-state index contributed by atoms with van der Waals surface area (Å²) in [7, 11) is -1.89. The molecule has 1 aromatic rings. The molecule has 0 N–H and O–H groups in total. The van der Waals surface area contributed by atoms with E-state index in [1.807, 2.05) is 13.8 Å². The first kappa shape index (κ1) is 33.7. The number of allylic oxidation sites excluding steroid dienone is 4. The van der Waals surface area contributed by atoms with Gasteiger partial charge in [-0.1, -0.05) is 50.1 Å². The molecule has 0 aromatic heterocycles. The summed E-state index contributed by atoms with van der Waals surface area (Å²) in [5, 5.41) is 0.165. The normalized spacial score (nSPS) is 24.3. The Hall–Kier alpha value is -1.82. The Morgan fingerprint density at radius 1 is 0.976 bits per heavy atom. The van der Waals surface area contributed by atoms with Crippen LogP contribution in [0.3, 0.4) is 0 Å². The third kappa shape index (κ3) is 9.08. The van der Waals surface area contributed by atoms with E-state index >= 15 is 0 Å². The van der Waals surface area contributed by atoms with E-state index in [0.717, 1.165) is 61.2 Å². The molecule has 230 valence electrons. The minimum Gasteiger partial charge on any atom is -0.543 e.